The Labute approximate surface area is 278 Å². The highest BCUT2D eigenvalue weighted by Crippen LogP contribution is 2.43. The highest BCUT2D eigenvalue weighted by Gasteiger charge is 2.45. The summed E-state index contributed by atoms with van der Waals surface area (Å²) in [7, 11) is 0. The average Bonchev–Trinajstić information content (AvgIpc) is 3.68. The number of amides is 1. The molecule has 0 N–H and O–H groups in total. The number of anilines is 1. The Morgan fingerprint density at radius 3 is 2.68 bits per heavy atom. The van der Waals surface area contributed by atoms with Crippen LogP contribution in [-0.2, 0) is 4.79 Å². The third-order valence-corrected chi connectivity index (χ3v) is 10.5. The topological polar surface area (TPSA) is 96.5 Å². The highest BCUT2D eigenvalue weighted by molar-refractivity contribution is 6.37. The van der Waals surface area contributed by atoms with Gasteiger partial charge in [0.2, 0.25) is 11.8 Å². The summed E-state index contributed by atoms with van der Waals surface area (Å²) >= 11 is 6.51. The van der Waals surface area contributed by atoms with Gasteiger partial charge in [-0.15, -0.1) is 0 Å². The van der Waals surface area contributed by atoms with E-state index in [-0.39, 0.29) is 34.8 Å². The van der Waals surface area contributed by atoms with E-state index in [9.17, 15) is 19.7 Å². The standard InChI is InChI=1S/C37H34ClFN6O2/c1-2-32(46)45-19-18-43(22-26(45)12-15-40)35-28-10-8-25(27-7-3-6-24-9-11-30(39)34(38)33(24)27)20-31(28)42-36(29(35)21-41)47-23-37-13-4-16-44(37)17-5-14-37/h2-3,6-11,20,26H,1,4-5,12-14,16-19,22-23H2/t26-/m0/s1. The lowest BCUT2D eigenvalue weighted by molar-refractivity contribution is -0.128. The molecule has 10 heteroatoms. The van der Waals surface area contributed by atoms with Crippen LogP contribution < -0.4 is 9.64 Å². The predicted molar refractivity (Wildman–Crippen MR) is 181 cm³/mol. The fraction of sp³-hybridized carbons (Fsp3) is 0.351. The number of halogens is 2. The van der Waals surface area contributed by atoms with Gasteiger partial charge >= 0.3 is 0 Å². The van der Waals surface area contributed by atoms with Crippen molar-refractivity contribution < 1.29 is 13.9 Å². The lowest BCUT2D eigenvalue weighted by atomic mass is 9.95. The van der Waals surface area contributed by atoms with E-state index in [0.29, 0.717) is 48.4 Å². The Hall–Kier alpha value is -4.70. The van der Waals surface area contributed by atoms with E-state index in [1.165, 1.54) is 12.1 Å². The minimum atomic E-state index is -0.490. The van der Waals surface area contributed by atoms with Crippen LogP contribution in [0, 0.1) is 28.5 Å². The van der Waals surface area contributed by atoms with Gasteiger partial charge in [0.1, 0.15) is 24.1 Å². The first-order chi connectivity index (χ1) is 22.9. The first kappa shape index (κ1) is 30.9. The van der Waals surface area contributed by atoms with E-state index in [1.54, 1.807) is 11.0 Å². The summed E-state index contributed by atoms with van der Waals surface area (Å²) in [6, 6.07) is 18.8. The van der Waals surface area contributed by atoms with Crippen molar-refractivity contribution in [3.63, 3.8) is 0 Å². The number of rotatable bonds is 7. The SMILES string of the molecule is C=CC(=O)N1CCN(c2c(C#N)c(OCC34CCCN3CCC4)nc3cc(-c4cccc5ccc(F)c(Cl)c45)ccc23)C[C@@H]1CC#N. The van der Waals surface area contributed by atoms with E-state index in [2.05, 4.69) is 28.5 Å². The summed E-state index contributed by atoms with van der Waals surface area (Å²) in [5.41, 5.74) is 3.13. The largest absolute Gasteiger partial charge is 0.475 e. The maximum atomic E-state index is 14.6. The van der Waals surface area contributed by atoms with Gasteiger partial charge < -0.3 is 14.5 Å². The number of fused-ring (bicyclic) bond motifs is 3. The van der Waals surface area contributed by atoms with Crippen molar-refractivity contribution in [2.75, 3.05) is 44.2 Å². The molecule has 4 heterocycles. The normalized spacial score (nSPS) is 19.0. The predicted octanol–water partition coefficient (Wildman–Crippen LogP) is 6.84. The second-order valence-corrected chi connectivity index (χ2v) is 13.0. The van der Waals surface area contributed by atoms with Crippen LogP contribution in [0.2, 0.25) is 5.02 Å². The molecule has 0 bridgehead atoms. The van der Waals surface area contributed by atoms with Crippen LogP contribution in [0.4, 0.5) is 10.1 Å². The molecule has 1 aromatic heterocycles. The lowest BCUT2D eigenvalue weighted by Gasteiger charge is -2.42. The quantitative estimate of drug-likeness (QED) is 0.202. The fourth-order valence-electron chi connectivity index (χ4n) is 7.89. The van der Waals surface area contributed by atoms with E-state index >= 15 is 0 Å². The monoisotopic (exact) mass is 648 g/mol. The molecule has 8 nitrogen and oxygen atoms in total. The molecule has 3 saturated heterocycles. The van der Waals surface area contributed by atoms with Gasteiger partial charge in [-0.05, 0) is 73.5 Å². The van der Waals surface area contributed by atoms with E-state index < -0.39 is 5.82 Å². The number of carbonyl (C=O) groups excluding carboxylic acids is 1. The molecule has 3 aliphatic heterocycles. The Balaban J connectivity index is 1.37. The molecule has 3 aromatic carbocycles. The second kappa shape index (κ2) is 12.5. The number of benzene rings is 3. The Morgan fingerprint density at radius 2 is 1.94 bits per heavy atom. The molecule has 47 heavy (non-hydrogen) atoms. The number of nitrogens with zero attached hydrogens (tertiary/aromatic N) is 6. The van der Waals surface area contributed by atoms with Gasteiger partial charge in [0.25, 0.3) is 0 Å². The molecule has 0 saturated carbocycles. The van der Waals surface area contributed by atoms with Crippen molar-refractivity contribution in [1.82, 2.24) is 14.8 Å². The van der Waals surface area contributed by atoms with Crippen LogP contribution in [0.5, 0.6) is 5.88 Å². The molecule has 0 aliphatic carbocycles. The van der Waals surface area contributed by atoms with Crippen LogP contribution in [0.1, 0.15) is 37.7 Å². The molecule has 7 rings (SSSR count). The van der Waals surface area contributed by atoms with Crippen molar-refractivity contribution in [3.8, 4) is 29.1 Å². The molecule has 1 amide bonds. The number of hydrogen-bond acceptors (Lipinski definition) is 7. The third-order valence-electron chi connectivity index (χ3n) is 10.2. The van der Waals surface area contributed by atoms with Crippen LogP contribution in [0.3, 0.4) is 0 Å². The van der Waals surface area contributed by atoms with Crippen molar-refractivity contribution in [1.29, 1.82) is 10.5 Å². The van der Waals surface area contributed by atoms with Gasteiger partial charge in [0, 0.05) is 30.4 Å². The Morgan fingerprint density at radius 1 is 1.13 bits per heavy atom. The molecule has 0 radical (unpaired) electrons. The van der Waals surface area contributed by atoms with Crippen molar-refractivity contribution in [3.05, 3.63) is 77.6 Å². The summed E-state index contributed by atoms with van der Waals surface area (Å²) in [6.45, 7) is 7.37. The van der Waals surface area contributed by atoms with Gasteiger partial charge in [-0.25, -0.2) is 9.37 Å². The number of ether oxygens (including phenoxy) is 1. The zero-order valence-electron chi connectivity index (χ0n) is 26.0. The van der Waals surface area contributed by atoms with Crippen LogP contribution in [0.15, 0.2) is 61.2 Å². The maximum absolute atomic E-state index is 14.6. The number of hydrogen-bond donors (Lipinski definition) is 0. The fourth-order valence-corrected chi connectivity index (χ4v) is 8.16. The number of carbonyl (C=O) groups is 1. The summed E-state index contributed by atoms with van der Waals surface area (Å²) < 4.78 is 21.2. The summed E-state index contributed by atoms with van der Waals surface area (Å²) in [5.74, 6) is -0.445. The molecular formula is C37H34ClFN6O2. The van der Waals surface area contributed by atoms with Crippen LogP contribution >= 0.6 is 11.6 Å². The molecule has 0 unspecified atom stereocenters. The molecule has 1 atom stereocenters. The number of piperazine rings is 1. The smallest absolute Gasteiger partial charge is 0.246 e. The minimum Gasteiger partial charge on any atom is -0.475 e. The Bertz CT molecular complexity index is 1990. The molecule has 3 fully saturated rings. The van der Waals surface area contributed by atoms with Gasteiger partial charge in [0.05, 0.1) is 40.3 Å². The average molecular weight is 649 g/mol. The summed E-state index contributed by atoms with van der Waals surface area (Å²) in [6.07, 6.45) is 5.76. The third kappa shape index (κ3) is 5.34. The van der Waals surface area contributed by atoms with E-state index in [0.717, 1.165) is 60.7 Å². The Kier molecular flexibility index (Phi) is 8.21. The lowest BCUT2D eigenvalue weighted by Crippen LogP contribution is -2.55. The first-order valence-electron chi connectivity index (χ1n) is 16.0. The molecule has 3 aliphatic rings. The molecule has 238 valence electrons. The van der Waals surface area contributed by atoms with E-state index in [4.69, 9.17) is 21.3 Å². The van der Waals surface area contributed by atoms with Gasteiger partial charge in [-0.1, -0.05) is 54.6 Å². The maximum Gasteiger partial charge on any atom is 0.246 e. The molecule has 4 aromatic rings. The summed E-state index contributed by atoms with van der Waals surface area (Å²) in [4.78, 5) is 23.9. The number of pyridine rings is 1. The van der Waals surface area contributed by atoms with Gasteiger partial charge in [-0.3, -0.25) is 9.69 Å². The van der Waals surface area contributed by atoms with Gasteiger partial charge in [-0.2, -0.15) is 10.5 Å². The number of nitriles is 2. The van der Waals surface area contributed by atoms with Crippen LogP contribution in [0.25, 0.3) is 32.8 Å². The zero-order chi connectivity index (χ0) is 32.7. The zero-order valence-corrected chi connectivity index (χ0v) is 26.8. The first-order valence-corrected chi connectivity index (χ1v) is 16.4. The van der Waals surface area contributed by atoms with Crippen molar-refractivity contribution in [2.45, 2.75) is 43.7 Å². The van der Waals surface area contributed by atoms with E-state index in [1.807, 2.05) is 36.4 Å². The number of aromatic nitrogens is 1. The van der Waals surface area contributed by atoms with Gasteiger partial charge in [0.15, 0.2) is 0 Å². The highest BCUT2D eigenvalue weighted by atomic mass is 35.5. The van der Waals surface area contributed by atoms with Crippen molar-refractivity contribution in [2.24, 2.45) is 0 Å². The second-order valence-electron chi connectivity index (χ2n) is 12.7. The summed E-state index contributed by atoms with van der Waals surface area (Å²) in [5, 5.41) is 22.5. The minimum absolute atomic E-state index is 0.0519. The van der Waals surface area contributed by atoms with Crippen LogP contribution in [-0.4, -0.2) is 71.6 Å². The van der Waals surface area contributed by atoms with Crippen molar-refractivity contribution >= 4 is 44.9 Å². The molecule has 0 spiro atoms. The molecular weight excluding hydrogens is 615 g/mol.